The number of pyridine rings is 1. The molecule has 1 amide bonds. The highest BCUT2D eigenvalue weighted by atomic mass is 32.1. The third-order valence-electron chi connectivity index (χ3n) is 2.83. The number of aromatic nitrogens is 3. The lowest BCUT2D eigenvalue weighted by Crippen LogP contribution is -2.41. The Hall–Kier alpha value is -1.69. The number of carbonyl (C=O) groups is 1. The molecule has 90 valence electrons. The van der Waals surface area contributed by atoms with Gasteiger partial charge in [-0.25, -0.2) is 4.98 Å². The molecule has 0 saturated carbocycles. The molecule has 0 aliphatic carbocycles. The summed E-state index contributed by atoms with van der Waals surface area (Å²) >= 11 is 5.22. The highest BCUT2D eigenvalue weighted by Crippen LogP contribution is 2.22. The summed E-state index contributed by atoms with van der Waals surface area (Å²) in [5.41, 5.74) is 6.82. The van der Waals surface area contributed by atoms with Crippen LogP contribution in [0.4, 0.5) is 0 Å². The molecule has 0 saturated heterocycles. The first kappa shape index (κ1) is 11.8. The van der Waals surface area contributed by atoms with Crippen LogP contribution in [0.5, 0.6) is 0 Å². The van der Waals surface area contributed by atoms with Gasteiger partial charge in [0, 0.05) is 5.69 Å². The Morgan fingerprint density at radius 2 is 2.18 bits per heavy atom. The Labute approximate surface area is 104 Å². The minimum atomic E-state index is -0.907. The van der Waals surface area contributed by atoms with Crippen molar-refractivity contribution in [3.8, 4) is 0 Å². The van der Waals surface area contributed by atoms with Gasteiger partial charge < -0.3 is 10.7 Å². The van der Waals surface area contributed by atoms with Crippen LogP contribution < -0.4 is 5.73 Å². The number of aryl methyl sites for hydroxylation is 1. The topological polar surface area (TPSA) is 76.7 Å². The summed E-state index contributed by atoms with van der Waals surface area (Å²) in [5, 5.41) is 0. The number of primary amides is 1. The van der Waals surface area contributed by atoms with Crippen LogP contribution in [0.2, 0.25) is 0 Å². The number of carbonyl (C=O) groups excluding carboxylic acids is 1. The molecule has 5 nitrogen and oxygen atoms in total. The van der Waals surface area contributed by atoms with Crippen molar-refractivity contribution in [1.29, 1.82) is 0 Å². The van der Waals surface area contributed by atoms with E-state index in [1.807, 2.05) is 19.1 Å². The van der Waals surface area contributed by atoms with E-state index in [0.717, 1.165) is 11.2 Å². The molecule has 2 rings (SSSR count). The molecule has 0 aliphatic rings. The Morgan fingerprint density at radius 1 is 1.53 bits per heavy atom. The van der Waals surface area contributed by atoms with E-state index in [9.17, 15) is 4.79 Å². The van der Waals surface area contributed by atoms with Crippen molar-refractivity contribution in [2.45, 2.75) is 26.3 Å². The summed E-state index contributed by atoms with van der Waals surface area (Å²) in [6.45, 7) is 5.34. The number of nitrogens with two attached hydrogens (primary N) is 1. The SMILES string of the molecule is Cc1ccc2[nH]c(=S)n(C(C)(C)C(N)=O)c2n1. The molecule has 17 heavy (non-hydrogen) atoms. The van der Waals surface area contributed by atoms with Crippen molar-refractivity contribution in [3.63, 3.8) is 0 Å². The molecule has 2 heterocycles. The molecule has 0 atom stereocenters. The van der Waals surface area contributed by atoms with Crippen molar-refractivity contribution < 1.29 is 4.79 Å². The second-order valence-corrected chi connectivity index (χ2v) is 4.90. The Bertz CT molecular complexity index is 653. The zero-order valence-electron chi connectivity index (χ0n) is 9.94. The molecule has 2 aromatic rings. The van der Waals surface area contributed by atoms with E-state index >= 15 is 0 Å². The monoisotopic (exact) mass is 250 g/mol. The molecule has 6 heteroatoms. The van der Waals surface area contributed by atoms with Crippen LogP contribution in [0.25, 0.3) is 11.2 Å². The molecule has 0 bridgehead atoms. The van der Waals surface area contributed by atoms with Gasteiger partial charge in [0.2, 0.25) is 5.91 Å². The average molecular weight is 250 g/mol. The Balaban J connectivity index is 2.86. The van der Waals surface area contributed by atoms with Gasteiger partial charge in [0.25, 0.3) is 0 Å². The highest BCUT2D eigenvalue weighted by Gasteiger charge is 2.30. The van der Waals surface area contributed by atoms with Crippen LogP contribution in [0.15, 0.2) is 12.1 Å². The average Bonchev–Trinajstić information content (AvgIpc) is 2.53. The lowest BCUT2D eigenvalue weighted by atomic mass is 10.1. The number of amides is 1. The predicted octanol–water partition coefficient (Wildman–Crippen LogP) is 1.62. The standard InChI is InChI=1S/C11H14N4OS/c1-6-4-5-7-8(13-6)15(10(17)14-7)11(2,3)9(12)16/h4-5H,1-3H3,(H2,12,16)(H,14,17). The maximum absolute atomic E-state index is 11.5. The van der Waals surface area contributed by atoms with E-state index < -0.39 is 11.4 Å². The van der Waals surface area contributed by atoms with Gasteiger partial charge in [-0.05, 0) is 45.1 Å². The lowest BCUT2D eigenvalue weighted by molar-refractivity contribution is -0.124. The quantitative estimate of drug-likeness (QED) is 0.795. The zero-order chi connectivity index (χ0) is 12.8. The maximum Gasteiger partial charge on any atom is 0.243 e. The summed E-state index contributed by atoms with van der Waals surface area (Å²) in [7, 11) is 0. The number of fused-ring (bicyclic) bond motifs is 1. The maximum atomic E-state index is 11.5. The van der Waals surface area contributed by atoms with E-state index in [-0.39, 0.29) is 0 Å². The number of hydrogen-bond acceptors (Lipinski definition) is 3. The molecular weight excluding hydrogens is 236 g/mol. The predicted molar refractivity (Wildman–Crippen MR) is 68.2 cm³/mol. The third kappa shape index (κ3) is 1.74. The van der Waals surface area contributed by atoms with Gasteiger partial charge >= 0.3 is 0 Å². The molecule has 0 aliphatic heterocycles. The fourth-order valence-corrected chi connectivity index (χ4v) is 2.13. The van der Waals surface area contributed by atoms with Gasteiger partial charge in [0.05, 0.1) is 5.52 Å². The second-order valence-electron chi connectivity index (χ2n) is 4.51. The molecule has 0 spiro atoms. The third-order valence-corrected chi connectivity index (χ3v) is 3.12. The summed E-state index contributed by atoms with van der Waals surface area (Å²) in [5.74, 6) is -0.446. The highest BCUT2D eigenvalue weighted by molar-refractivity contribution is 7.71. The van der Waals surface area contributed by atoms with Gasteiger partial charge in [-0.3, -0.25) is 9.36 Å². The number of nitrogens with one attached hydrogen (secondary N) is 1. The van der Waals surface area contributed by atoms with Crippen molar-refractivity contribution in [2.24, 2.45) is 5.73 Å². The van der Waals surface area contributed by atoms with E-state index in [1.54, 1.807) is 18.4 Å². The van der Waals surface area contributed by atoms with Gasteiger partial charge in [-0.1, -0.05) is 0 Å². The van der Waals surface area contributed by atoms with Gasteiger partial charge in [-0.2, -0.15) is 0 Å². The fraction of sp³-hybridized carbons (Fsp3) is 0.364. The van der Waals surface area contributed by atoms with Crippen molar-refractivity contribution in [2.75, 3.05) is 0 Å². The lowest BCUT2D eigenvalue weighted by Gasteiger charge is -2.22. The number of H-pyrrole nitrogens is 1. The first-order chi connectivity index (χ1) is 7.84. The van der Waals surface area contributed by atoms with Crippen molar-refractivity contribution >= 4 is 29.3 Å². The summed E-state index contributed by atoms with van der Waals surface area (Å²) in [4.78, 5) is 18.9. The van der Waals surface area contributed by atoms with Crippen LogP contribution in [-0.2, 0) is 10.3 Å². The molecule has 2 aromatic heterocycles. The van der Waals surface area contributed by atoms with Crippen molar-refractivity contribution in [1.82, 2.24) is 14.5 Å². The minimum Gasteiger partial charge on any atom is -0.368 e. The molecule has 0 fully saturated rings. The smallest absolute Gasteiger partial charge is 0.243 e. The summed E-state index contributed by atoms with van der Waals surface area (Å²) in [6.07, 6.45) is 0. The fourth-order valence-electron chi connectivity index (χ4n) is 1.71. The second kappa shape index (κ2) is 3.66. The largest absolute Gasteiger partial charge is 0.368 e. The van der Waals surface area contributed by atoms with Crippen LogP contribution in [-0.4, -0.2) is 20.4 Å². The van der Waals surface area contributed by atoms with E-state index in [4.69, 9.17) is 18.0 Å². The number of hydrogen-bond donors (Lipinski definition) is 2. The van der Waals surface area contributed by atoms with Crippen LogP contribution >= 0.6 is 12.2 Å². The van der Waals surface area contributed by atoms with E-state index in [0.29, 0.717) is 10.4 Å². The van der Waals surface area contributed by atoms with Gasteiger partial charge in [0.15, 0.2) is 10.4 Å². The van der Waals surface area contributed by atoms with E-state index in [1.165, 1.54) is 0 Å². The van der Waals surface area contributed by atoms with E-state index in [2.05, 4.69) is 9.97 Å². The Kier molecular flexibility index (Phi) is 2.54. The van der Waals surface area contributed by atoms with Crippen LogP contribution in [0.1, 0.15) is 19.5 Å². The molecule has 0 unspecified atom stereocenters. The molecular formula is C11H14N4OS. The first-order valence-electron chi connectivity index (χ1n) is 5.23. The van der Waals surface area contributed by atoms with Crippen LogP contribution in [0.3, 0.4) is 0 Å². The Morgan fingerprint density at radius 3 is 2.76 bits per heavy atom. The minimum absolute atomic E-state index is 0.446. The zero-order valence-corrected chi connectivity index (χ0v) is 10.8. The first-order valence-corrected chi connectivity index (χ1v) is 5.63. The van der Waals surface area contributed by atoms with Crippen molar-refractivity contribution in [3.05, 3.63) is 22.6 Å². The number of imidazole rings is 1. The van der Waals surface area contributed by atoms with Gasteiger partial charge in [0.1, 0.15) is 5.54 Å². The number of nitrogens with zero attached hydrogens (tertiary/aromatic N) is 2. The molecule has 3 N–H and O–H groups in total. The molecule has 0 radical (unpaired) electrons. The molecule has 0 aromatic carbocycles. The summed E-state index contributed by atoms with van der Waals surface area (Å²) in [6, 6.07) is 3.77. The van der Waals surface area contributed by atoms with Gasteiger partial charge in [-0.15, -0.1) is 0 Å². The summed E-state index contributed by atoms with van der Waals surface area (Å²) < 4.78 is 2.11. The normalized spacial score (nSPS) is 11.9. The number of rotatable bonds is 2. The number of aromatic amines is 1. The van der Waals surface area contributed by atoms with Crippen LogP contribution in [0, 0.1) is 11.7 Å².